The van der Waals surface area contributed by atoms with Gasteiger partial charge in [-0.05, 0) is 31.7 Å². The number of aromatic nitrogens is 2. The molecule has 2 aliphatic rings. The van der Waals surface area contributed by atoms with Crippen LogP contribution in [0.4, 0.5) is 0 Å². The summed E-state index contributed by atoms with van der Waals surface area (Å²) in [6, 6.07) is 2.02. The van der Waals surface area contributed by atoms with Crippen LogP contribution in [0.3, 0.4) is 0 Å². The van der Waals surface area contributed by atoms with Gasteiger partial charge in [-0.25, -0.2) is 9.97 Å². The Morgan fingerprint density at radius 3 is 2.79 bits per heavy atom. The number of rotatable bonds is 4. The van der Waals surface area contributed by atoms with Crippen LogP contribution in [0.2, 0.25) is 0 Å². The summed E-state index contributed by atoms with van der Waals surface area (Å²) in [4.78, 5) is 20.5. The zero-order valence-corrected chi connectivity index (χ0v) is 11.0. The molecule has 0 aromatic carbocycles. The van der Waals surface area contributed by atoms with Crippen LogP contribution in [0.1, 0.15) is 43.0 Å². The molecule has 0 atom stereocenters. The van der Waals surface area contributed by atoms with Gasteiger partial charge >= 0.3 is 0 Å². The molecule has 5 heteroatoms. The molecule has 1 aliphatic heterocycles. The molecule has 19 heavy (non-hydrogen) atoms. The highest BCUT2D eigenvalue weighted by molar-refractivity contribution is 5.78. The molecule has 0 bridgehead atoms. The van der Waals surface area contributed by atoms with Crippen LogP contribution >= 0.6 is 0 Å². The van der Waals surface area contributed by atoms with E-state index in [-0.39, 0.29) is 11.8 Å². The average molecular weight is 261 g/mol. The highest BCUT2D eigenvalue weighted by Crippen LogP contribution is 2.38. The lowest BCUT2D eigenvalue weighted by atomic mass is 9.99. The van der Waals surface area contributed by atoms with Crippen LogP contribution in [0.5, 0.6) is 0 Å². The van der Waals surface area contributed by atoms with E-state index in [1.807, 2.05) is 6.07 Å². The van der Waals surface area contributed by atoms with Crippen molar-refractivity contribution >= 4 is 5.91 Å². The SMILES string of the molecule is O=C(NCc1cc(C2CC2)ncn1)C1CCOCC1. The lowest BCUT2D eigenvalue weighted by Gasteiger charge is -2.21. The number of ether oxygens (including phenoxy) is 1. The van der Waals surface area contributed by atoms with Gasteiger partial charge in [-0.1, -0.05) is 0 Å². The molecule has 3 rings (SSSR count). The fourth-order valence-electron chi connectivity index (χ4n) is 2.40. The Morgan fingerprint density at radius 2 is 2.05 bits per heavy atom. The summed E-state index contributed by atoms with van der Waals surface area (Å²) >= 11 is 0. The number of nitrogens with zero attached hydrogens (tertiary/aromatic N) is 2. The smallest absolute Gasteiger partial charge is 0.223 e. The van der Waals surface area contributed by atoms with E-state index in [0.717, 1.165) is 24.2 Å². The second kappa shape index (κ2) is 5.65. The highest BCUT2D eigenvalue weighted by atomic mass is 16.5. The first kappa shape index (κ1) is 12.5. The van der Waals surface area contributed by atoms with E-state index in [2.05, 4.69) is 15.3 Å². The van der Waals surface area contributed by atoms with Gasteiger partial charge in [0.25, 0.3) is 0 Å². The minimum Gasteiger partial charge on any atom is -0.381 e. The first-order valence-corrected chi connectivity index (χ1v) is 6.99. The Morgan fingerprint density at radius 1 is 1.26 bits per heavy atom. The summed E-state index contributed by atoms with van der Waals surface area (Å²) in [6.07, 6.45) is 5.70. The quantitative estimate of drug-likeness (QED) is 0.889. The van der Waals surface area contributed by atoms with Crippen molar-refractivity contribution in [2.75, 3.05) is 13.2 Å². The van der Waals surface area contributed by atoms with Crippen molar-refractivity contribution in [1.29, 1.82) is 0 Å². The van der Waals surface area contributed by atoms with Gasteiger partial charge in [-0.2, -0.15) is 0 Å². The number of nitrogens with one attached hydrogen (secondary N) is 1. The number of amides is 1. The lowest BCUT2D eigenvalue weighted by Crippen LogP contribution is -2.34. The molecule has 1 N–H and O–H groups in total. The fourth-order valence-corrected chi connectivity index (χ4v) is 2.40. The first-order valence-electron chi connectivity index (χ1n) is 6.99. The predicted molar refractivity (Wildman–Crippen MR) is 69.4 cm³/mol. The van der Waals surface area contributed by atoms with Crippen molar-refractivity contribution in [2.45, 2.75) is 38.1 Å². The van der Waals surface area contributed by atoms with E-state index in [4.69, 9.17) is 4.74 Å². The van der Waals surface area contributed by atoms with E-state index in [1.165, 1.54) is 12.8 Å². The lowest BCUT2D eigenvalue weighted by molar-refractivity contribution is -0.128. The van der Waals surface area contributed by atoms with Crippen molar-refractivity contribution < 1.29 is 9.53 Å². The molecule has 0 radical (unpaired) electrons. The maximum atomic E-state index is 12.0. The standard InChI is InChI=1S/C14H19N3O2/c18-14(11-3-5-19-6-4-11)15-8-12-7-13(10-1-2-10)17-9-16-12/h7,9-11H,1-6,8H2,(H,15,18). The summed E-state index contributed by atoms with van der Waals surface area (Å²) in [7, 11) is 0. The van der Waals surface area contributed by atoms with Gasteiger partial charge in [0, 0.05) is 30.7 Å². The molecule has 1 saturated carbocycles. The molecule has 2 fully saturated rings. The number of carbonyl (C=O) groups excluding carboxylic acids is 1. The van der Waals surface area contributed by atoms with E-state index in [1.54, 1.807) is 6.33 Å². The summed E-state index contributed by atoms with van der Waals surface area (Å²) < 4.78 is 5.26. The van der Waals surface area contributed by atoms with Gasteiger partial charge in [0.2, 0.25) is 5.91 Å². The molecule has 1 aliphatic carbocycles. The molecule has 0 spiro atoms. The Kier molecular flexibility index (Phi) is 3.73. The van der Waals surface area contributed by atoms with Gasteiger partial charge in [-0.3, -0.25) is 4.79 Å². The second-order valence-corrected chi connectivity index (χ2v) is 5.31. The van der Waals surface area contributed by atoms with Crippen molar-refractivity contribution in [1.82, 2.24) is 15.3 Å². The normalized spacial score (nSPS) is 20.2. The van der Waals surface area contributed by atoms with Crippen molar-refractivity contribution in [3.05, 3.63) is 23.8 Å². The third kappa shape index (κ3) is 3.29. The Hall–Kier alpha value is -1.49. The maximum absolute atomic E-state index is 12.0. The van der Waals surface area contributed by atoms with E-state index < -0.39 is 0 Å². The second-order valence-electron chi connectivity index (χ2n) is 5.31. The third-order valence-electron chi connectivity index (χ3n) is 3.78. The monoisotopic (exact) mass is 261 g/mol. The first-order chi connectivity index (χ1) is 9.33. The van der Waals surface area contributed by atoms with Gasteiger partial charge in [-0.15, -0.1) is 0 Å². The van der Waals surface area contributed by atoms with Gasteiger partial charge < -0.3 is 10.1 Å². The summed E-state index contributed by atoms with van der Waals surface area (Å²) in [5.74, 6) is 0.835. The van der Waals surface area contributed by atoms with Crippen LogP contribution in [0.15, 0.2) is 12.4 Å². The molecule has 102 valence electrons. The Labute approximate surface area is 112 Å². The predicted octanol–water partition coefficient (Wildman–Crippen LogP) is 1.40. The van der Waals surface area contributed by atoms with Crippen molar-refractivity contribution in [3.63, 3.8) is 0 Å². The van der Waals surface area contributed by atoms with Crippen molar-refractivity contribution in [2.24, 2.45) is 5.92 Å². The summed E-state index contributed by atoms with van der Waals surface area (Å²) in [5, 5.41) is 2.97. The molecule has 5 nitrogen and oxygen atoms in total. The van der Waals surface area contributed by atoms with Crippen LogP contribution in [0, 0.1) is 5.92 Å². The van der Waals surface area contributed by atoms with Crippen LogP contribution in [-0.2, 0) is 16.1 Å². The number of hydrogen-bond acceptors (Lipinski definition) is 4. The minimum atomic E-state index is 0.0958. The zero-order chi connectivity index (χ0) is 13.1. The van der Waals surface area contributed by atoms with E-state index in [0.29, 0.717) is 25.7 Å². The van der Waals surface area contributed by atoms with Crippen LogP contribution in [0.25, 0.3) is 0 Å². The molecule has 1 aromatic heterocycles. The largest absolute Gasteiger partial charge is 0.381 e. The molecular formula is C14H19N3O2. The summed E-state index contributed by atoms with van der Waals surface area (Å²) in [6.45, 7) is 1.88. The summed E-state index contributed by atoms with van der Waals surface area (Å²) in [5.41, 5.74) is 2.02. The number of hydrogen-bond donors (Lipinski definition) is 1. The fraction of sp³-hybridized carbons (Fsp3) is 0.643. The van der Waals surface area contributed by atoms with E-state index in [9.17, 15) is 4.79 Å². The molecule has 0 unspecified atom stereocenters. The van der Waals surface area contributed by atoms with Crippen molar-refractivity contribution in [3.8, 4) is 0 Å². The van der Waals surface area contributed by atoms with Crippen LogP contribution in [-0.4, -0.2) is 29.1 Å². The highest BCUT2D eigenvalue weighted by Gasteiger charge is 2.25. The van der Waals surface area contributed by atoms with E-state index >= 15 is 0 Å². The minimum absolute atomic E-state index is 0.0958. The average Bonchev–Trinajstić information content (AvgIpc) is 3.31. The van der Waals surface area contributed by atoms with Crippen LogP contribution < -0.4 is 5.32 Å². The Bertz CT molecular complexity index is 454. The van der Waals surface area contributed by atoms with Gasteiger partial charge in [0.15, 0.2) is 0 Å². The molecular weight excluding hydrogens is 242 g/mol. The third-order valence-corrected chi connectivity index (χ3v) is 3.78. The molecule has 1 aromatic rings. The molecule has 1 amide bonds. The molecule has 2 heterocycles. The maximum Gasteiger partial charge on any atom is 0.223 e. The van der Waals surface area contributed by atoms with Gasteiger partial charge in [0.05, 0.1) is 12.2 Å². The van der Waals surface area contributed by atoms with Gasteiger partial charge in [0.1, 0.15) is 6.33 Å². The Balaban J connectivity index is 1.53. The topological polar surface area (TPSA) is 64.1 Å². The zero-order valence-electron chi connectivity index (χ0n) is 11.0. The number of carbonyl (C=O) groups is 1. The molecule has 1 saturated heterocycles.